The van der Waals surface area contributed by atoms with E-state index in [1.165, 1.54) is 0 Å². The van der Waals surface area contributed by atoms with Crippen molar-refractivity contribution in [1.29, 1.82) is 0 Å². The van der Waals surface area contributed by atoms with Crippen LogP contribution < -0.4 is 5.32 Å². The summed E-state index contributed by atoms with van der Waals surface area (Å²) in [6.07, 6.45) is -2.61. The third kappa shape index (κ3) is 7.04. The lowest BCUT2D eigenvalue weighted by molar-refractivity contribution is -0.117. The van der Waals surface area contributed by atoms with Crippen LogP contribution in [0, 0.1) is 11.8 Å². The normalized spacial score (nSPS) is 10.1. The maximum atomic E-state index is 11.8. The Balaban J connectivity index is 2.55. The maximum Gasteiger partial charge on any atom is 0.261 e. The second-order valence-electron chi connectivity index (χ2n) is 3.92. The zero-order valence-corrected chi connectivity index (χ0v) is 11.8. The van der Waals surface area contributed by atoms with Gasteiger partial charge in [-0.15, -0.1) is 0 Å². The molecule has 4 nitrogen and oxygen atoms in total. The fraction of sp³-hybridized carbons (Fsp3) is 0.357. The molecule has 0 aromatic heterocycles. The van der Waals surface area contributed by atoms with Crippen LogP contribution in [0.25, 0.3) is 0 Å². The van der Waals surface area contributed by atoms with Gasteiger partial charge in [0.1, 0.15) is 13.2 Å². The van der Waals surface area contributed by atoms with Crippen molar-refractivity contribution in [1.82, 2.24) is 0 Å². The average molecular weight is 318 g/mol. The zero-order valence-electron chi connectivity index (χ0n) is 11.0. The van der Waals surface area contributed by atoms with Crippen LogP contribution in [0.1, 0.15) is 12.0 Å². The molecule has 0 saturated heterocycles. The fourth-order valence-corrected chi connectivity index (χ4v) is 1.56. The molecule has 0 aliphatic carbocycles. The molecule has 0 aliphatic heterocycles. The average Bonchev–Trinajstić information content (AvgIpc) is 2.44. The largest absolute Gasteiger partial charge is 0.384 e. The molecular weight excluding hydrogens is 304 g/mol. The van der Waals surface area contributed by atoms with Crippen LogP contribution in [0.2, 0.25) is 5.02 Å². The highest BCUT2D eigenvalue weighted by molar-refractivity contribution is 6.33. The van der Waals surface area contributed by atoms with Crippen molar-refractivity contribution < 1.29 is 23.4 Å². The van der Waals surface area contributed by atoms with Crippen molar-refractivity contribution in [2.75, 3.05) is 25.1 Å². The molecule has 1 amide bonds. The second-order valence-corrected chi connectivity index (χ2v) is 4.33. The monoisotopic (exact) mass is 317 g/mol. The first-order valence-corrected chi connectivity index (χ1v) is 6.45. The van der Waals surface area contributed by atoms with E-state index >= 15 is 0 Å². The summed E-state index contributed by atoms with van der Waals surface area (Å²) in [5.41, 5.74) is 0.943. The minimum absolute atomic E-state index is 0.0599. The van der Waals surface area contributed by atoms with Gasteiger partial charge in [-0.3, -0.25) is 4.79 Å². The summed E-state index contributed by atoms with van der Waals surface area (Å²) < 4.78 is 28.3. The summed E-state index contributed by atoms with van der Waals surface area (Å²) in [4.78, 5) is 11.6. The molecule has 114 valence electrons. The smallest absolute Gasteiger partial charge is 0.261 e. The van der Waals surface area contributed by atoms with E-state index in [2.05, 4.69) is 21.9 Å². The van der Waals surface area contributed by atoms with Gasteiger partial charge in [-0.25, -0.2) is 8.78 Å². The Morgan fingerprint density at radius 1 is 1.48 bits per heavy atom. The zero-order chi connectivity index (χ0) is 15.7. The topological polar surface area (TPSA) is 58.6 Å². The van der Waals surface area contributed by atoms with E-state index in [-0.39, 0.29) is 19.6 Å². The van der Waals surface area contributed by atoms with E-state index in [4.69, 9.17) is 16.7 Å². The molecule has 0 unspecified atom stereocenters. The molecule has 0 atom stereocenters. The van der Waals surface area contributed by atoms with Crippen LogP contribution in [-0.2, 0) is 9.53 Å². The molecule has 0 fully saturated rings. The molecule has 0 aliphatic rings. The minimum atomic E-state index is -2.55. The van der Waals surface area contributed by atoms with Gasteiger partial charge in [0.2, 0.25) is 5.91 Å². The second kappa shape index (κ2) is 9.29. The van der Waals surface area contributed by atoms with Crippen molar-refractivity contribution in [2.24, 2.45) is 0 Å². The number of halogens is 3. The van der Waals surface area contributed by atoms with Gasteiger partial charge in [0.15, 0.2) is 0 Å². The lowest BCUT2D eigenvalue weighted by Crippen LogP contribution is -2.16. The highest BCUT2D eigenvalue weighted by Gasteiger charge is 2.08. The van der Waals surface area contributed by atoms with E-state index in [1.807, 2.05) is 0 Å². The number of carbonyl (C=O) groups excluding carboxylic acids is 1. The lowest BCUT2D eigenvalue weighted by Gasteiger charge is -2.08. The molecule has 1 rings (SSSR count). The summed E-state index contributed by atoms with van der Waals surface area (Å²) in [5.74, 6) is 4.75. The first kappa shape index (κ1) is 17.4. The number of nitrogens with one attached hydrogen (secondary N) is 1. The van der Waals surface area contributed by atoms with Crippen LogP contribution in [0.4, 0.5) is 14.5 Å². The molecule has 0 bridgehead atoms. The van der Waals surface area contributed by atoms with Crippen molar-refractivity contribution in [3.8, 4) is 11.8 Å². The quantitative estimate of drug-likeness (QED) is 0.625. The highest BCUT2D eigenvalue weighted by atomic mass is 35.5. The number of hydrogen-bond acceptors (Lipinski definition) is 3. The minimum Gasteiger partial charge on any atom is -0.384 e. The lowest BCUT2D eigenvalue weighted by atomic mass is 10.2. The van der Waals surface area contributed by atoms with E-state index < -0.39 is 18.9 Å². The number of ether oxygens (including phenoxy) is 1. The fourth-order valence-electron chi connectivity index (χ4n) is 1.39. The number of hydrogen-bond donors (Lipinski definition) is 2. The number of carbonyl (C=O) groups is 1. The van der Waals surface area contributed by atoms with Gasteiger partial charge in [-0.2, -0.15) is 0 Å². The summed E-state index contributed by atoms with van der Waals surface area (Å²) in [6, 6.07) is 4.77. The Labute approximate surface area is 126 Å². The van der Waals surface area contributed by atoms with Gasteiger partial charge < -0.3 is 15.2 Å². The number of aliphatic hydroxyl groups excluding tert-OH is 1. The first-order valence-electron chi connectivity index (χ1n) is 6.08. The van der Waals surface area contributed by atoms with E-state index in [1.54, 1.807) is 18.2 Å². The van der Waals surface area contributed by atoms with Crippen LogP contribution in [-0.4, -0.2) is 37.3 Å². The summed E-state index contributed by atoms with van der Waals surface area (Å²) in [6.45, 7) is -1.07. The van der Waals surface area contributed by atoms with Crippen LogP contribution in [0.3, 0.4) is 0 Å². The van der Waals surface area contributed by atoms with Gasteiger partial charge in [-0.1, -0.05) is 23.4 Å². The number of benzene rings is 1. The molecule has 0 radical (unpaired) electrons. The maximum absolute atomic E-state index is 11.8. The summed E-state index contributed by atoms with van der Waals surface area (Å²) in [7, 11) is 0. The molecular formula is C14H14ClF2NO3. The number of aliphatic hydroxyl groups is 1. The van der Waals surface area contributed by atoms with Crippen molar-refractivity contribution in [3.63, 3.8) is 0 Å². The molecule has 1 aromatic carbocycles. The first-order chi connectivity index (χ1) is 10.0. The molecule has 0 saturated carbocycles. The van der Waals surface area contributed by atoms with Gasteiger partial charge in [0.05, 0.1) is 23.7 Å². The Morgan fingerprint density at radius 2 is 2.24 bits per heavy atom. The number of alkyl halides is 2. The number of amides is 1. The van der Waals surface area contributed by atoms with Crippen LogP contribution >= 0.6 is 11.6 Å². The Morgan fingerprint density at radius 3 is 2.90 bits per heavy atom. The number of rotatable bonds is 6. The van der Waals surface area contributed by atoms with E-state index in [9.17, 15) is 13.6 Å². The Kier molecular flexibility index (Phi) is 7.69. The van der Waals surface area contributed by atoms with Gasteiger partial charge in [0.25, 0.3) is 6.43 Å². The molecule has 2 N–H and O–H groups in total. The number of anilines is 1. The van der Waals surface area contributed by atoms with Crippen LogP contribution in [0.15, 0.2) is 18.2 Å². The predicted molar refractivity (Wildman–Crippen MR) is 75.5 cm³/mol. The standard InChI is InChI=1S/C14H14ClF2NO3/c15-11-4-3-10(2-1-6-19)8-12(11)18-14(20)5-7-21-9-13(16)17/h3-4,8,13,19H,5-7,9H2,(H,18,20). The van der Waals surface area contributed by atoms with Gasteiger partial charge >= 0.3 is 0 Å². The van der Waals surface area contributed by atoms with E-state index in [0.29, 0.717) is 16.3 Å². The van der Waals surface area contributed by atoms with Gasteiger partial charge in [0, 0.05) is 5.56 Å². The molecule has 21 heavy (non-hydrogen) atoms. The Bertz CT molecular complexity index is 541. The van der Waals surface area contributed by atoms with Crippen molar-refractivity contribution in [3.05, 3.63) is 28.8 Å². The molecule has 0 heterocycles. The summed E-state index contributed by atoms with van der Waals surface area (Å²) >= 11 is 5.93. The molecule has 0 spiro atoms. The Hall–Kier alpha value is -1.68. The van der Waals surface area contributed by atoms with E-state index in [0.717, 1.165) is 0 Å². The predicted octanol–water partition coefficient (Wildman–Crippen LogP) is 2.29. The van der Waals surface area contributed by atoms with Crippen molar-refractivity contribution >= 4 is 23.2 Å². The van der Waals surface area contributed by atoms with Crippen LogP contribution in [0.5, 0.6) is 0 Å². The molecule has 7 heteroatoms. The summed E-state index contributed by atoms with van der Waals surface area (Å²) in [5, 5.41) is 11.5. The SMILES string of the molecule is O=C(CCOCC(F)F)Nc1cc(C#CCO)ccc1Cl. The highest BCUT2D eigenvalue weighted by Crippen LogP contribution is 2.22. The third-order valence-electron chi connectivity index (χ3n) is 2.27. The molecule has 1 aromatic rings. The third-order valence-corrected chi connectivity index (χ3v) is 2.60. The van der Waals surface area contributed by atoms with Crippen molar-refractivity contribution in [2.45, 2.75) is 12.8 Å². The van der Waals surface area contributed by atoms with Gasteiger partial charge in [-0.05, 0) is 18.2 Å².